The second kappa shape index (κ2) is 7.47. The quantitative estimate of drug-likeness (QED) is 0.802. The molecule has 0 bridgehead atoms. The van der Waals surface area contributed by atoms with E-state index < -0.39 is 0 Å². The summed E-state index contributed by atoms with van der Waals surface area (Å²) in [5.74, 6) is 5.89. The van der Waals surface area contributed by atoms with E-state index >= 15 is 0 Å². The molecule has 0 aliphatic carbocycles. The monoisotopic (exact) mass is 275 g/mol. The summed E-state index contributed by atoms with van der Waals surface area (Å²) >= 11 is 0. The standard InChI is InChI=1S/C20H21N/c1-16(2)10-5-4-8-15-21-17(3)19-14-9-12-18-11-6-7-13-20(18)19/h4,6-9,11-14,17,21H,1,15H2,2-3H3/b8-4+/t17-/m1/s1. The predicted octanol–water partition coefficient (Wildman–Crippen LogP) is 4.63. The van der Waals surface area contributed by atoms with Gasteiger partial charge in [0.15, 0.2) is 0 Å². The van der Waals surface area contributed by atoms with Crippen LogP contribution in [-0.2, 0) is 0 Å². The fourth-order valence-corrected chi connectivity index (χ4v) is 2.27. The lowest BCUT2D eigenvalue weighted by Crippen LogP contribution is -2.18. The predicted molar refractivity (Wildman–Crippen MR) is 92.1 cm³/mol. The average molecular weight is 275 g/mol. The van der Waals surface area contributed by atoms with E-state index in [9.17, 15) is 0 Å². The molecule has 0 aliphatic heterocycles. The summed E-state index contributed by atoms with van der Waals surface area (Å²) < 4.78 is 0. The number of hydrogen-bond acceptors (Lipinski definition) is 1. The van der Waals surface area contributed by atoms with Gasteiger partial charge in [0.2, 0.25) is 0 Å². The molecule has 1 N–H and O–H groups in total. The summed E-state index contributed by atoms with van der Waals surface area (Å²) in [7, 11) is 0. The van der Waals surface area contributed by atoms with Crippen molar-refractivity contribution in [1.82, 2.24) is 5.32 Å². The highest BCUT2D eigenvalue weighted by molar-refractivity contribution is 5.86. The van der Waals surface area contributed by atoms with Gasteiger partial charge in [-0.2, -0.15) is 0 Å². The molecule has 21 heavy (non-hydrogen) atoms. The smallest absolute Gasteiger partial charge is 0.0300 e. The molecular formula is C20H21N. The van der Waals surface area contributed by atoms with Gasteiger partial charge in [0, 0.05) is 12.6 Å². The molecule has 0 aliphatic rings. The molecule has 0 fully saturated rings. The zero-order chi connectivity index (χ0) is 15.1. The molecule has 1 heteroatoms. The Morgan fingerprint density at radius 3 is 2.81 bits per heavy atom. The van der Waals surface area contributed by atoms with E-state index in [1.54, 1.807) is 0 Å². The Hall–Kier alpha value is -2.30. The number of fused-ring (bicyclic) bond motifs is 1. The minimum absolute atomic E-state index is 0.301. The molecule has 1 nitrogen and oxygen atoms in total. The third kappa shape index (κ3) is 4.34. The molecule has 0 saturated carbocycles. The van der Waals surface area contributed by atoms with Crippen LogP contribution in [0.2, 0.25) is 0 Å². The van der Waals surface area contributed by atoms with E-state index in [1.165, 1.54) is 16.3 Å². The zero-order valence-corrected chi connectivity index (χ0v) is 12.7. The molecule has 0 amide bonds. The van der Waals surface area contributed by atoms with E-state index in [2.05, 4.69) is 73.1 Å². The van der Waals surface area contributed by atoms with Crippen molar-refractivity contribution in [3.8, 4) is 11.8 Å². The van der Waals surface area contributed by atoms with Crippen LogP contribution in [0.5, 0.6) is 0 Å². The topological polar surface area (TPSA) is 12.0 Å². The summed E-state index contributed by atoms with van der Waals surface area (Å²) in [4.78, 5) is 0. The summed E-state index contributed by atoms with van der Waals surface area (Å²) in [5, 5.41) is 6.10. The Kier molecular flexibility index (Phi) is 5.37. The molecule has 0 aromatic heterocycles. The van der Waals surface area contributed by atoms with E-state index in [4.69, 9.17) is 0 Å². The molecule has 2 rings (SSSR count). The summed E-state index contributed by atoms with van der Waals surface area (Å²) in [6.45, 7) is 8.64. The van der Waals surface area contributed by atoms with Crippen LogP contribution in [0.3, 0.4) is 0 Å². The van der Waals surface area contributed by atoms with Crippen LogP contribution in [-0.4, -0.2) is 6.54 Å². The van der Waals surface area contributed by atoms with Gasteiger partial charge in [-0.15, -0.1) is 0 Å². The second-order valence-electron chi connectivity index (χ2n) is 5.15. The van der Waals surface area contributed by atoms with Crippen LogP contribution in [0.25, 0.3) is 10.8 Å². The molecule has 0 spiro atoms. The lowest BCUT2D eigenvalue weighted by Gasteiger charge is -2.15. The van der Waals surface area contributed by atoms with Gasteiger partial charge >= 0.3 is 0 Å². The highest BCUT2D eigenvalue weighted by Crippen LogP contribution is 2.23. The van der Waals surface area contributed by atoms with Gasteiger partial charge < -0.3 is 5.32 Å². The van der Waals surface area contributed by atoms with E-state index in [1.807, 2.05) is 19.1 Å². The van der Waals surface area contributed by atoms with Crippen molar-refractivity contribution < 1.29 is 0 Å². The molecule has 1 atom stereocenters. The SMILES string of the molecule is C=C(C)C#C/C=C/CN[C@H](C)c1cccc2ccccc12. The third-order valence-corrected chi connectivity index (χ3v) is 3.32. The fraction of sp³-hybridized carbons (Fsp3) is 0.200. The summed E-state index contributed by atoms with van der Waals surface area (Å²) in [6.07, 6.45) is 3.91. The highest BCUT2D eigenvalue weighted by atomic mass is 14.9. The number of hydrogen-bond donors (Lipinski definition) is 1. The van der Waals surface area contributed by atoms with Gasteiger partial charge in [-0.25, -0.2) is 0 Å². The minimum Gasteiger partial charge on any atom is -0.307 e. The van der Waals surface area contributed by atoms with Gasteiger partial charge in [-0.05, 0) is 41.8 Å². The van der Waals surface area contributed by atoms with Gasteiger partial charge in [0.05, 0.1) is 0 Å². The van der Waals surface area contributed by atoms with Crippen LogP contribution in [0, 0.1) is 11.8 Å². The Bertz CT molecular complexity index is 708. The maximum atomic E-state index is 3.75. The van der Waals surface area contributed by atoms with Gasteiger partial charge in [0.25, 0.3) is 0 Å². The Balaban J connectivity index is 2.02. The first-order valence-electron chi connectivity index (χ1n) is 7.21. The summed E-state index contributed by atoms with van der Waals surface area (Å²) in [5.41, 5.74) is 2.21. The van der Waals surface area contributed by atoms with Crippen LogP contribution in [0.4, 0.5) is 0 Å². The van der Waals surface area contributed by atoms with Crippen molar-refractivity contribution in [2.24, 2.45) is 0 Å². The van der Waals surface area contributed by atoms with Crippen molar-refractivity contribution in [1.29, 1.82) is 0 Å². The Morgan fingerprint density at radius 2 is 2.00 bits per heavy atom. The van der Waals surface area contributed by atoms with Gasteiger partial charge in [-0.3, -0.25) is 0 Å². The second-order valence-corrected chi connectivity index (χ2v) is 5.15. The van der Waals surface area contributed by atoms with Gasteiger partial charge in [0.1, 0.15) is 0 Å². The zero-order valence-electron chi connectivity index (χ0n) is 12.7. The Morgan fingerprint density at radius 1 is 1.24 bits per heavy atom. The van der Waals surface area contributed by atoms with Crippen LogP contribution in [0.1, 0.15) is 25.5 Å². The molecule has 2 aromatic rings. The molecule has 0 radical (unpaired) electrons. The normalized spacial score (nSPS) is 12.1. The Labute approximate surface area is 127 Å². The molecule has 2 aromatic carbocycles. The maximum absolute atomic E-state index is 3.75. The average Bonchev–Trinajstić information content (AvgIpc) is 2.49. The fourth-order valence-electron chi connectivity index (χ4n) is 2.27. The van der Waals surface area contributed by atoms with E-state index in [-0.39, 0.29) is 0 Å². The summed E-state index contributed by atoms with van der Waals surface area (Å²) in [6, 6.07) is 15.2. The first-order valence-corrected chi connectivity index (χ1v) is 7.21. The first-order chi connectivity index (χ1) is 10.2. The van der Waals surface area contributed by atoms with Crippen molar-refractivity contribution >= 4 is 10.8 Å². The van der Waals surface area contributed by atoms with Crippen LogP contribution >= 0.6 is 0 Å². The lowest BCUT2D eigenvalue weighted by atomic mass is 10.00. The van der Waals surface area contributed by atoms with Crippen molar-refractivity contribution in [3.05, 3.63) is 72.3 Å². The van der Waals surface area contributed by atoms with Crippen LogP contribution < -0.4 is 5.32 Å². The maximum Gasteiger partial charge on any atom is 0.0300 e. The molecule has 0 unspecified atom stereocenters. The number of rotatable bonds is 4. The molecule has 0 saturated heterocycles. The highest BCUT2D eigenvalue weighted by Gasteiger charge is 2.07. The first kappa shape index (κ1) is 15.1. The largest absolute Gasteiger partial charge is 0.307 e. The number of allylic oxidation sites excluding steroid dienone is 2. The van der Waals surface area contributed by atoms with Crippen molar-refractivity contribution in [2.45, 2.75) is 19.9 Å². The van der Waals surface area contributed by atoms with E-state index in [0.717, 1.165) is 12.1 Å². The van der Waals surface area contributed by atoms with Gasteiger partial charge in [-0.1, -0.05) is 67.0 Å². The molecular weight excluding hydrogens is 254 g/mol. The number of nitrogens with one attached hydrogen (secondary N) is 1. The van der Waals surface area contributed by atoms with Crippen molar-refractivity contribution in [2.75, 3.05) is 6.54 Å². The third-order valence-electron chi connectivity index (χ3n) is 3.32. The minimum atomic E-state index is 0.301. The van der Waals surface area contributed by atoms with Crippen molar-refractivity contribution in [3.63, 3.8) is 0 Å². The molecule has 106 valence electrons. The van der Waals surface area contributed by atoms with E-state index in [0.29, 0.717) is 6.04 Å². The molecule has 0 heterocycles. The number of benzene rings is 2. The lowest BCUT2D eigenvalue weighted by molar-refractivity contribution is 0.621. The van der Waals surface area contributed by atoms with Crippen LogP contribution in [0.15, 0.2) is 66.8 Å².